The lowest BCUT2D eigenvalue weighted by molar-refractivity contribution is 0.0784. The van der Waals surface area contributed by atoms with E-state index in [1.807, 2.05) is 19.9 Å². The summed E-state index contributed by atoms with van der Waals surface area (Å²) in [6, 6.07) is 8.45. The molecule has 0 aromatic heterocycles. The summed E-state index contributed by atoms with van der Waals surface area (Å²) in [5, 5.41) is 13.5. The quantitative estimate of drug-likeness (QED) is 0.823. The third-order valence-corrected chi connectivity index (χ3v) is 3.81. The van der Waals surface area contributed by atoms with Crippen LogP contribution in [0.1, 0.15) is 44.2 Å². The normalized spacial score (nSPS) is 25.9. The minimum Gasteiger partial charge on any atom is -0.386 e. The van der Waals surface area contributed by atoms with Crippen LogP contribution in [0.15, 0.2) is 24.3 Å². The molecule has 2 rings (SSSR count). The van der Waals surface area contributed by atoms with Crippen LogP contribution < -0.4 is 5.32 Å². The molecule has 1 saturated heterocycles. The molecule has 0 saturated carbocycles. The van der Waals surface area contributed by atoms with Crippen molar-refractivity contribution in [2.45, 2.75) is 38.7 Å². The van der Waals surface area contributed by atoms with Crippen LogP contribution in [0.3, 0.4) is 0 Å². The Morgan fingerprint density at radius 1 is 1.35 bits per heavy atom. The van der Waals surface area contributed by atoms with Crippen molar-refractivity contribution in [2.24, 2.45) is 5.92 Å². The lowest BCUT2D eigenvalue weighted by atomic mass is 9.81. The fourth-order valence-electron chi connectivity index (χ4n) is 2.66. The van der Waals surface area contributed by atoms with E-state index in [0.717, 1.165) is 18.7 Å². The van der Waals surface area contributed by atoms with Gasteiger partial charge in [0, 0.05) is 0 Å². The molecule has 0 bridgehead atoms. The van der Waals surface area contributed by atoms with Crippen molar-refractivity contribution in [3.8, 4) is 0 Å². The predicted octanol–water partition coefficient (Wildman–Crippen LogP) is 2.63. The standard InChI is InChI=1S/C15H23NO/c1-11-10-16-8-7-14(11)12-5-4-6-13(9-12)15(2,3)17/h4-6,9,11,14,16-17H,7-8,10H2,1-3H3/t11-,14-/m0/s1. The molecule has 1 fully saturated rings. The lowest BCUT2D eigenvalue weighted by Gasteiger charge is -2.31. The van der Waals surface area contributed by atoms with E-state index in [0.29, 0.717) is 11.8 Å². The van der Waals surface area contributed by atoms with E-state index in [9.17, 15) is 5.11 Å². The van der Waals surface area contributed by atoms with Crippen molar-refractivity contribution in [1.29, 1.82) is 0 Å². The number of aliphatic hydroxyl groups is 1. The highest BCUT2D eigenvalue weighted by molar-refractivity contribution is 5.30. The van der Waals surface area contributed by atoms with Gasteiger partial charge in [-0.1, -0.05) is 31.2 Å². The van der Waals surface area contributed by atoms with Crippen molar-refractivity contribution in [3.63, 3.8) is 0 Å². The van der Waals surface area contributed by atoms with Crippen LogP contribution in [0.5, 0.6) is 0 Å². The largest absolute Gasteiger partial charge is 0.386 e. The second-order valence-corrected chi connectivity index (χ2v) is 5.76. The van der Waals surface area contributed by atoms with Crippen molar-refractivity contribution < 1.29 is 5.11 Å². The highest BCUT2D eigenvalue weighted by atomic mass is 16.3. The fraction of sp³-hybridized carbons (Fsp3) is 0.600. The van der Waals surface area contributed by atoms with Crippen LogP contribution in [0.25, 0.3) is 0 Å². The Bertz CT molecular complexity index is 381. The molecule has 1 aliphatic heterocycles. The monoisotopic (exact) mass is 233 g/mol. The van der Waals surface area contributed by atoms with E-state index in [1.165, 1.54) is 12.0 Å². The number of rotatable bonds is 2. The van der Waals surface area contributed by atoms with Gasteiger partial charge in [0.25, 0.3) is 0 Å². The maximum absolute atomic E-state index is 10.1. The van der Waals surface area contributed by atoms with Gasteiger partial charge in [-0.25, -0.2) is 0 Å². The maximum Gasteiger partial charge on any atom is 0.0840 e. The highest BCUT2D eigenvalue weighted by Crippen LogP contribution is 2.32. The summed E-state index contributed by atoms with van der Waals surface area (Å²) in [5.41, 5.74) is 1.64. The number of hydrogen-bond acceptors (Lipinski definition) is 2. The molecule has 0 aliphatic carbocycles. The Hall–Kier alpha value is -0.860. The van der Waals surface area contributed by atoms with Crippen LogP contribution in [0, 0.1) is 5.92 Å². The van der Waals surface area contributed by atoms with E-state index in [-0.39, 0.29) is 0 Å². The second-order valence-electron chi connectivity index (χ2n) is 5.76. The van der Waals surface area contributed by atoms with E-state index in [4.69, 9.17) is 0 Å². The molecule has 0 radical (unpaired) electrons. The number of nitrogens with one attached hydrogen (secondary N) is 1. The first-order chi connectivity index (χ1) is 7.98. The maximum atomic E-state index is 10.1. The van der Waals surface area contributed by atoms with Crippen molar-refractivity contribution >= 4 is 0 Å². The lowest BCUT2D eigenvalue weighted by Crippen LogP contribution is -2.33. The summed E-state index contributed by atoms with van der Waals surface area (Å²) in [7, 11) is 0. The van der Waals surface area contributed by atoms with E-state index < -0.39 is 5.60 Å². The molecule has 0 amide bonds. The topological polar surface area (TPSA) is 32.3 Å². The molecule has 2 nitrogen and oxygen atoms in total. The summed E-state index contributed by atoms with van der Waals surface area (Å²) < 4.78 is 0. The SMILES string of the molecule is C[C@H]1CNCC[C@@H]1c1cccc(C(C)(C)O)c1. The Morgan fingerprint density at radius 3 is 2.76 bits per heavy atom. The van der Waals surface area contributed by atoms with Gasteiger partial charge in [-0.2, -0.15) is 0 Å². The van der Waals surface area contributed by atoms with Crippen molar-refractivity contribution in [1.82, 2.24) is 5.32 Å². The number of benzene rings is 1. The fourth-order valence-corrected chi connectivity index (χ4v) is 2.66. The van der Waals surface area contributed by atoms with Gasteiger partial charge in [-0.15, -0.1) is 0 Å². The average Bonchev–Trinajstić information content (AvgIpc) is 2.29. The van der Waals surface area contributed by atoms with Crippen LogP contribution in [0.4, 0.5) is 0 Å². The Balaban J connectivity index is 2.26. The van der Waals surface area contributed by atoms with Crippen molar-refractivity contribution in [2.75, 3.05) is 13.1 Å². The first kappa shape index (κ1) is 12.6. The molecule has 1 aliphatic rings. The number of piperidine rings is 1. The highest BCUT2D eigenvalue weighted by Gasteiger charge is 2.24. The minimum absolute atomic E-state index is 0.624. The minimum atomic E-state index is -0.744. The molecule has 1 heterocycles. The van der Waals surface area contributed by atoms with E-state index in [2.05, 4.69) is 30.4 Å². The molecule has 0 unspecified atom stereocenters. The summed E-state index contributed by atoms with van der Waals surface area (Å²) in [6.07, 6.45) is 1.19. The van der Waals surface area contributed by atoms with Gasteiger partial charge >= 0.3 is 0 Å². The zero-order valence-corrected chi connectivity index (χ0v) is 11.0. The molecular weight excluding hydrogens is 210 g/mol. The third kappa shape index (κ3) is 2.88. The first-order valence-electron chi connectivity index (χ1n) is 6.52. The van der Waals surface area contributed by atoms with Gasteiger partial charge in [0.1, 0.15) is 0 Å². The third-order valence-electron chi connectivity index (χ3n) is 3.81. The molecule has 1 aromatic rings. The van der Waals surface area contributed by atoms with Crippen molar-refractivity contribution in [3.05, 3.63) is 35.4 Å². The van der Waals surface area contributed by atoms with Gasteiger partial charge in [0.15, 0.2) is 0 Å². The number of hydrogen-bond donors (Lipinski definition) is 2. The van der Waals surface area contributed by atoms with Gasteiger partial charge in [-0.05, 0) is 56.3 Å². The Morgan fingerprint density at radius 2 is 2.12 bits per heavy atom. The molecule has 2 N–H and O–H groups in total. The van der Waals surface area contributed by atoms with Gasteiger partial charge in [0.05, 0.1) is 5.60 Å². The smallest absolute Gasteiger partial charge is 0.0840 e. The van der Waals surface area contributed by atoms with Gasteiger partial charge < -0.3 is 10.4 Å². The zero-order chi connectivity index (χ0) is 12.5. The summed E-state index contributed by atoms with van der Waals surface area (Å²) in [6.45, 7) is 8.18. The van der Waals surface area contributed by atoms with Gasteiger partial charge in [-0.3, -0.25) is 0 Å². The Labute approximate surface area is 104 Å². The van der Waals surface area contributed by atoms with Crippen LogP contribution in [0.2, 0.25) is 0 Å². The summed E-state index contributed by atoms with van der Waals surface area (Å²) in [5.74, 6) is 1.29. The molecule has 0 spiro atoms. The van der Waals surface area contributed by atoms with Crippen LogP contribution in [-0.4, -0.2) is 18.2 Å². The zero-order valence-electron chi connectivity index (χ0n) is 11.0. The molecule has 2 heteroatoms. The summed E-state index contributed by atoms with van der Waals surface area (Å²) in [4.78, 5) is 0. The molecular formula is C15H23NO. The van der Waals surface area contributed by atoms with Crippen LogP contribution >= 0.6 is 0 Å². The predicted molar refractivity (Wildman–Crippen MR) is 71.1 cm³/mol. The molecule has 1 aromatic carbocycles. The average molecular weight is 233 g/mol. The summed E-state index contributed by atoms with van der Waals surface area (Å²) >= 11 is 0. The molecule has 94 valence electrons. The van der Waals surface area contributed by atoms with Crippen LogP contribution in [-0.2, 0) is 5.60 Å². The van der Waals surface area contributed by atoms with Gasteiger partial charge in [0.2, 0.25) is 0 Å². The first-order valence-corrected chi connectivity index (χ1v) is 6.52. The van der Waals surface area contributed by atoms with E-state index >= 15 is 0 Å². The second kappa shape index (κ2) is 4.79. The Kier molecular flexibility index (Phi) is 3.55. The molecule has 17 heavy (non-hydrogen) atoms. The molecule has 2 atom stereocenters. The van der Waals surface area contributed by atoms with E-state index in [1.54, 1.807) is 0 Å².